The fourth-order valence-electron chi connectivity index (χ4n) is 2.66. The topological polar surface area (TPSA) is 42.4 Å². The van der Waals surface area contributed by atoms with Crippen molar-refractivity contribution >= 4 is 17.5 Å². The first-order valence-corrected chi connectivity index (χ1v) is 8.02. The van der Waals surface area contributed by atoms with Gasteiger partial charge in [0.15, 0.2) is 0 Å². The first kappa shape index (κ1) is 16.2. The second kappa shape index (κ2) is 7.23. The van der Waals surface area contributed by atoms with Crippen molar-refractivity contribution in [2.45, 2.75) is 52.2 Å². The summed E-state index contributed by atoms with van der Waals surface area (Å²) in [6, 6.07) is 3.66. The maximum Gasteiger partial charge on any atom is 0.254 e. The lowest BCUT2D eigenvalue weighted by Gasteiger charge is -2.38. The predicted octanol–water partition coefficient (Wildman–Crippen LogP) is 3.33. The van der Waals surface area contributed by atoms with Crippen LogP contribution in [0.2, 0.25) is 5.15 Å². The summed E-state index contributed by atoms with van der Waals surface area (Å²) >= 11 is 6.06. The molecular weight excluding hydrogens is 288 g/mol. The van der Waals surface area contributed by atoms with E-state index in [-0.39, 0.29) is 18.1 Å². The van der Waals surface area contributed by atoms with Crippen LogP contribution in [0.4, 0.5) is 0 Å². The van der Waals surface area contributed by atoms with Crippen molar-refractivity contribution < 1.29 is 9.53 Å². The molecule has 21 heavy (non-hydrogen) atoms. The standard InChI is InChI=1S/C16H23ClN2O2/c1-4-6-13-7-12(8-15(17)18-13)16(20)19-9-11(3)21-10-14(19)5-2/h7-8,11,14H,4-6,9-10H2,1-3H3. The van der Waals surface area contributed by atoms with Gasteiger partial charge in [-0.05, 0) is 31.9 Å². The minimum Gasteiger partial charge on any atom is -0.375 e. The van der Waals surface area contributed by atoms with Gasteiger partial charge in [0.2, 0.25) is 0 Å². The molecule has 1 aromatic rings. The molecule has 1 aromatic heterocycles. The molecule has 1 aliphatic rings. The Bertz CT molecular complexity index is 507. The molecule has 116 valence electrons. The number of hydrogen-bond acceptors (Lipinski definition) is 3. The normalized spacial score (nSPS) is 22.4. The van der Waals surface area contributed by atoms with E-state index in [1.165, 1.54) is 0 Å². The zero-order chi connectivity index (χ0) is 15.4. The molecule has 0 radical (unpaired) electrons. The Labute approximate surface area is 131 Å². The van der Waals surface area contributed by atoms with Crippen LogP contribution in [0.3, 0.4) is 0 Å². The average molecular weight is 311 g/mol. The lowest BCUT2D eigenvalue weighted by Crippen LogP contribution is -2.51. The highest BCUT2D eigenvalue weighted by Crippen LogP contribution is 2.20. The number of morpholine rings is 1. The van der Waals surface area contributed by atoms with E-state index in [1.54, 1.807) is 6.07 Å². The van der Waals surface area contributed by atoms with Crippen LogP contribution in [-0.2, 0) is 11.2 Å². The summed E-state index contributed by atoms with van der Waals surface area (Å²) in [5.74, 6) is 0.0265. The molecule has 0 aromatic carbocycles. The van der Waals surface area contributed by atoms with Gasteiger partial charge in [-0.2, -0.15) is 0 Å². The largest absolute Gasteiger partial charge is 0.375 e. The summed E-state index contributed by atoms with van der Waals surface area (Å²) in [6.07, 6.45) is 2.77. The molecule has 0 bridgehead atoms. The van der Waals surface area contributed by atoms with Gasteiger partial charge in [0.05, 0.1) is 18.8 Å². The van der Waals surface area contributed by atoms with Gasteiger partial charge in [0.25, 0.3) is 5.91 Å². The maximum atomic E-state index is 12.8. The van der Waals surface area contributed by atoms with Crippen molar-refractivity contribution in [3.8, 4) is 0 Å². The molecule has 1 aliphatic heterocycles. The van der Waals surface area contributed by atoms with Crippen molar-refractivity contribution in [2.24, 2.45) is 0 Å². The first-order chi connectivity index (χ1) is 10.0. The van der Waals surface area contributed by atoms with Gasteiger partial charge >= 0.3 is 0 Å². The van der Waals surface area contributed by atoms with Gasteiger partial charge in [0, 0.05) is 17.8 Å². The molecule has 1 saturated heterocycles. The number of carbonyl (C=O) groups is 1. The van der Waals surface area contributed by atoms with Crippen molar-refractivity contribution in [1.82, 2.24) is 9.88 Å². The van der Waals surface area contributed by atoms with Crippen LogP contribution in [-0.4, -0.2) is 41.1 Å². The lowest BCUT2D eigenvalue weighted by atomic mass is 10.1. The molecule has 2 atom stereocenters. The van der Waals surface area contributed by atoms with Crippen molar-refractivity contribution in [2.75, 3.05) is 13.2 Å². The van der Waals surface area contributed by atoms with E-state index in [4.69, 9.17) is 16.3 Å². The van der Waals surface area contributed by atoms with Gasteiger partial charge in [-0.15, -0.1) is 0 Å². The number of pyridine rings is 1. The Morgan fingerprint density at radius 2 is 2.24 bits per heavy atom. The molecule has 0 aliphatic carbocycles. The summed E-state index contributed by atoms with van der Waals surface area (Å²) in [7, 11) is 0. The smallest absolute Gasteiger partial charge is 0.254 e. The summed E-state index contributed by atoms with van der Waals surface area (Å²) in [5.41, 5.74) is 1.51. The van der Waals surface area contributed by atoms with Gasteiger partial charge in [-0.1, -0.05) is 31.9 Å². The van der Waals surface area contributed by atoms with Crippen molar-refractivity contribution in [3.63, 3.8) is 0 Å². The molecule has 0 N–H and O–H groups in total. The van der Waals surface area contributed by atoms with Crippen LogP contribution in [0.5, 0.6) is 0 Å². The molecule has 2 unspecified atom stereocenters. The number of ether oxygens (including phenoxy) is 1. The molecule has 5 heteroatoms. The number of amides is 1. The van der Waals surface area contributed by atoms with Crippen LogP contribution in [0.1, 0.15) is 49.7 Å². The Morgan fingerprint density at radius 3 is 2.90 bits per heavy atom. The van der Waals surface area contributed by atoms with Crippen LogP contribution < -0.4 is 0 Å². The zero-order valence-electron chi connectivity index (χ0n) is 12.9. The fraction of sp³-hybridized carbons (Fsp3) is 0.625. The number of aromatic nitrogens is 1. The third-order valence-corrected chi connectivity index (χ3v) is 3.99. The van der Waals surface area contributed by atoms with E-state index < -0.39 is 0 Å². The average Bonchev–Trinajstić information content (AvgIpc) is 2.46. The van der Waals surface area contributed by atoms with Crippen LogP contribution in [0.25, 0.3) is 0 Å². The number of halogens is 1. The van der Waals surface area contributed by atoms with E-state index in [0.717, 1.165) is 25.0 Å². The van der Waals surface area contributed by atoms with E-state index >= 15 is 0 Å². The van der Waals surface area contributed by atoms with E-state index in [9.17, 15) is 4.79 Å². The van der Waals surface area contributed by atoms with Crippen LogP contribution in [0, 0.1) is 0 Å². The third-order valence-electron chi connectivity index (χ3n) is 3.80. The van der Waals surface area contributed by atoms with Gasteiger partial charge in [0.1, 0.15) is 5.15 Å². The molecule has 2 rings (SSSR count). The molecule has 4 nitrogen and oxygen atoms in total. The van der Waals surface area contributed by atoms with E-state index in [0.29, 0.717) is 23.9 Å². The highest BCUT2D eigenvalue weighted by Gasteiger charge is 2.30. The Morgan fingerprint density at radius 1 is 1.48 bits per heavy atom. The summed E-state index contributed by atoms with van der Waals surface area (Å²) in [6.45, 7) is 7.38. The number of rotatable bonds is 4. The first-order valence-electron chi connectivity index (χ1n) is 7.64. The van der Waals surface area contributed by atoms with Gasteiger partial charge in [-0.25, -0.2) is 4.98 Å². The maximum absolute atomic E-state index is 12.8. The molecule has 2 heterocycles. The number of nitrogens with zero attached hydrogens (tertiary/aromatic N) is 2. The quantitative estimate of drug-likeness (QED) is 0.801. The summed E-state index contributed by atoms with van der Waals surface area (Å²) in [5, 5.41) is 0.388. The number of carbonyl (C=O) groups excluding carboxylic acids is 1. The Balaban J connectivity index is 2.25. The lowest BCUT2D eigenvalue weighted by molar-refractivity contribution is -0.0444. The minimum atomic E-state index is 0.0265. The highest BCUT2D eigenvalue weighted by atomic mass is 35.5. The number of hydrogen-bond donors (Lipinski definition) is 0. The second-order valence-corrected chi connectivity index (χ2v) is 5.97. The minimum absolute atomic E-state index is 0.0265. The fourth-order valence-corrected chi connectivity index (χ4v) is 2.88. The molecule has 1 amide bonds. The van der Waals surface area contributed by atoms with Crippen molar-refractivity contribution in [1.29, 1.82) is 0 Å². The molecule has 0 saturated carbocycles. The Kier molecular flexibility index (Phi) is 5.59. The van der Waals surface area contributed by atoms with E-state index in [1.807, 2.05) is 17.9 Å². The van der Waals surface area contributed by atoms with Gasteiger partial charge in [-0.3, -0.25) is 4.79 Å². The summed E-state index contributed by atoms with van der Waals surface area (Å²) < 4.78 is 5.65. The SMILES string of the molecule is CCCc1cc(C(=O)N2CC(C)OCC2CC)cc(Cl)n1. The Hall–Kier alpha value is -1.13. The van der Waals surface area contributed by atoms with Gasteiger partial charge < -0.3 is 9.64 Å². The van der Waals surface area contributed by atoms with Crippen molar-refractivity contribution in [3.05, 3.63) is 28.5 Å². The molecule has 1 fully saturated rings. The zero-order valence-corrected chi connectivity index (χ0v) is 13.7. The van der Waals surface area contributed by atoms with E-state index in [2.05, 4.69) is 18.8 Å². The number of aryl methyl sites for hydroxylation is 1. The highest BCUT2D eigenvalue weighted by molar-refractivity contribution is 6.29. The van der Waals surface area contributed by atoms with Crippen LogP contribution >= 0.6 is 11.6 Å². The summed E-state index contributed by atoms with van der Waals surface area (Å²) in [4.78, 5) is 19.0. The predicted molar refractivity (Wildman–Crippen MR) is 83.8 cm³/mol. The molecule has 0 spiro atoms. The second-order valence-electron chi connectivity index (χ2n) is 5.58. The third kappa shape index (κ3) is 3.95. The monoisotopic (exact) mass is 310 g/mol. The molecular formula is C16H23ClN2O2. The van der Waals surface area contributed by atoms with Crippen LogP contribution in [0.15, 0.2) is 12.1 Å².